The average molecular weight is 370 g/mol. The van der Waals surface area contributed by atoms with Crippen LogP contribution in [0.5, 0.6) is 0 Å². The van der Waals surface area contributed by atoms with Crippen LogP contribution in [0.3, 0.4) is 0 Å². The Morgan fingerprint density at radius 3 is 1.96 bits per heavy atom. The average Bonchev–Trinajstić information content (AvgIpc) is 2.71. The molecule has 1 amide bonds. The summed E-state index contributed by atoms with van der Waals surface area (Å²) in [6, 6.07) is 30.2. The number of nitrogens with zero attached hydrogens (tertiary/aromatic N) is 1. The summed E-state index contributed by atoms with van der Waals surface area (Å²) >= 11 is 0. The van der Waals surface area contributed by atoms with Gasteiger partial charge in [0.1, 0.15) is 6.04 Å². The van der Waals surface area contributed by atoms with E-state index in [1.165, 1.54) is 11.1 Å². The fourth-order valence-electron chi connectivity index (χ4n) is 3.41. The number of nitriles is 1. The van der Waals surface area contributed by atoms with Gasteiger partial charge in [-0.05, 0) is 17.7 Å². The van der Waals surface area contributed by atoms with Crippen LogP contribution in [0, 0.1) is 11.3 Å². The number of anilines is 1. The number of amides is 1. The van der Waals surface area contributed by atoms with Gasteiger partial charge in [-0.2, -0.15) is 5.26 Å². The van der Waals surface area contributed by atoms with Gasteiger partial charge in [0, 0.05) is 16.8 Å². The molecule has 3 aromatic carbocycles. The van der Waals surface area contributed by atoms with Crippen molar-refractivity contribution in [1.29, 1.82) is 5.26 Å². The van der Waals surface area contributed by atoms with Crippen molar-refractivity contribution in [3.05, 3.63) is 102 Å². The number of benzene rings is 3. The van der Waals surface area contributed by atoms with Crippen molar-refractivity contribution < 1.29 is 9.69 Å². The van der Waals surface area contributed by atoms with Gasteiger partial charge >= 0.3 is 0 Å². The fourth-order valence-corrected chi connectivity index (χ4v) is 3.41. The smallest absolute Gasteiger partial charge is 0.279 e. The van der Waals surface area contributed by atoms with Crippen LogP contribution in [-0.2, 0) is 11.2 Å². The number of hydrogen-bond acceptors (Lipinski definition) is 2. The maximum atomic E-state index is 12.6. The molecule has 0 spiro atoms. The molecule has 0 radical (unpaired) electrons. The number of rotatable bonds is 7. The molecule has 1 atom stereocenters. The third-order valence-corrected chi connectivity index (χ3v) is 4.72. The molecule has 0 aliphatic carbocycles. The Balaban J connectivity index is 1.72. The van der Waals surface area contributed by atoms with E-state index >= 15 is 0 Å². The minimum atomic E-state index is -0.0394. The second kappa shape index (κ2) is 9.50. The van der Waals surface area contributed by atoms with Gasteiger partial charge in [0.2, 0.25) is 0 Å². The Bertz CT molecular complexity index is 892. The minimum Gasteiger partial charge on any atom is -0.321 e. The van der Waals surface area contributed by atoms with E-state index in [1.54, 1.807) is 0 Å². The number of likely N-dealkylation sites (N-methyl/N-ethyl adjacent to an activating group) is 1. The number of quaternary nitrogens is 1. The summed E-state index contributed by atoms with van der Waals surface area (Å²) in [5, 5.41) is 11.7. The molecule has 140 valence electrons. The van der Waals surface area contributed by atoms with Crippen LogP contribution in [0.2, 0.25) is 0 Å². The molecule has 0 saturated heterocycles. The minimum absolute atomic E-state index is 0.0394. The van der Waals surface area contributed by atoms with Crippen LogP contribution in [0.15, 0.2) is 84.9 Å². The van der Waals surface area contributed by atoms with E-state index in [1.807, 2.05) is 67.7 Å². The largest absolute Gasteiger partial charge is 0.321 e. The number of carbonyl (C=O) groups is 1. The zero-order valence-corrected chi connectivity index (χ0v) is 15.9. The van der Waals surface area contributed by atoms with E-state index in [-0.39, 0.29) is 11.9 Å². The van der Waals surface area contributed by atoms with Gasteiger partial charge in [-0.3, -0.25) is 4.79 Å². The molecular formula is C24H24N3O+. The molecule has 1 unspecified atom stereocenters. The lowest BCUT2D eigenvalue weighted by molar-refractivity contribution is -0.897. The zero-order chi connectivity index (χ0) is 19.8. The lowest BCUT2D eigenvalue weighted by atomic mass is 9.97. The second-order valence-electron chi connectivity index (χ2n) is 6.86. The summed E-state index contributed by atoms with van der Waals surface area (Å²) in [6.45, 7) is 0.342. The first-order valence-electron chi connectivity index (χ1n) is 9.35. The molecule has 2 N–H and O–H groups in total. The third-order valence-electron chi connectivity index (χ3n) is 4.72. The molecule has 0 fully saturated rings. The first kappa shape index (κ1) is 19.3. The molecule has 0 aliphatic rings. The number of nitrogens with one attached hydrogen (secondary N) is 2. The summed E-state index contributed by atoms with van der Waals surface area (Å²) in [6.07, 6.45) is 0.372. The summed E-state index contributed by atoms with van der Waals surface area (Å²) in [7, 11) is 2.04. The Morgan fingerprint density at radius 2 is 1.46 bits per heavy atom. The van der Waals surface area contributed by atoms with Gasteiger partial charge in [0.15, 0.2) is 6.54 Å². The maximum absolute atomic E-state index is 12.6. The predicted molar refractivity (Wildman–Crippen MR) is 111 cm³/mol. The zero-order valence-electron chi connectivity index (χ0n) is 15.9. The van der Waals surface area contributed by atoms with Crippen molar-refractivity contribution >= 4 is 11.6 Å². The van der Waals surface area contributed by atoms with Gasteiger partial charge in [-0.15, -0.1) is 0 Å². The Kier molecular flexibility index (Phi) is 6.56. The number of carbonyl (C=O) groups excluding carboxylic acids is 1. The summed E-state index contributed by atoms with van der Waals surface area (Å²) < 4.78 is 0. The Hall–Kier alpha value is -3.42. The molecule has 0 saturated carbocycles. The van der Waals surface area contributed by atoms with Crippen LogP contribution in [0.1, 0.15) is 22.7 Å². The molecule has 0 aromatic heterocycles. The van der Waals surface area contributed by atoms with E-state index in [0.717, 1.165) is 16.2 Å². The highest BCUT2D eigenvalue weighted by Crippen LogP contribution is 2.18. The van der Waals surface area contributed by atoms with Gasteiger partial charge in [-0.25, -0.2) is 0 Å². The van der Waals surface area contributed by atoms with Gasteiger partial charge in [0.05, 0.1) is 19.5 Å². The highest BCUT2D eigenvalue weighted by molar-refractivity contribution is 5.91. The molecule has 0 bridgehead atoms. The Labute approximate surface area is 166 Å². The molecule has 3 rings (SSSR count). The van der Waals surface area contributed by atoms with Gasteiger partial charge < -0.3 is 10.2 Å². The summed E-state index contributed by atoms with van der Waals surface area (Å²) in [5.74, 6) is -0.0394. The first-order valence-corrected chi connectivity index (χ1v) is 9.35. The SMILES string of the molecule is C[NH+](CC(=O)Nc1ccc(CC#N)cc1)C(c1ccccc1)c1ccccc1. The van der Waals surface area contributed by atoms with E-state index in [2.05, 4.69) is 35.7 Å². The van der Waals surface area contributed by atoms with Crippen molar-refractivity contribution in [1.82, 2.24) is 0 Å². The Morgan fingerprint density at radius 1 is 0.929 bits per heavy atom. The molecule has 0 aliphatic heterocycles. The van der Waals surface area contributed by atoms with E-state index in [9.17, 15) is 4.79 Å². The summed E-state index contributed by atoms with van der Waals surface area (Å²) in [5.41, 5.74) is 4.05. The monoisotopic (exact) mass is 370 g/mol. The van der Waals surface area contributed by atoms with E-state index in [0.29, 0.717) is 13.0 Å². The molecule has 0 heterocycles. The van der Waals surface area contributed by atoms with Crippen molar-refractivity contribution in [2.75, 3.05) is 18.9 Å². The van der Waals surface area contributed by atoms with Crippen LogP contribution in [0.25, 0.3) is 0 Å². The third kappa shape index (κ3) is 5.06. The molecule has 28 heavy (non-hydrogen) atoms. The van der Waals surface area contributed by atoms with Crippen LogP contribution in [0.4, 0.5) is 5.69 Å². The first-order chi connectivity index (χ1) is 13.7. The highest BCUT2D eigenvalue weighted by Gasteiger charge is 2.24. The second-order valence-corrected chi connectivity index (χ2v) is 6.86. The number of hydrogen-bond donors (Lipinski definition) is 2. The molecule has 4 heteroatoms. The van der Waals surface area contributed by atoms with E-state index < -0.39 is 0 Å². The van der Waals surface area contributed by atoms with Crippen LogP contribution >= 0.6 is 0 Å². The summed E-state index contributed by atoms with van der Waals surface area (Å²) in [4.78, 5) is 13.7. The fraction of sp³-hybridized carbons (Fsp3) is 0.167. The standard InChI is InChI=1S/C24H23N3O/c1-27(18-23(28)26-22-14-12-19(13-15-22)16-17-25)24(20-8-4-2-5-9-20)21-10-6-3-7-11-21/h2-15,24H,16,18H2,1H3,(H,26,28)/p+1. The lowest BCUT2D eigenvalue weighted by Crippen LogP contribution is -3.10. The lowest BCUT2D eigenvalue weighted by Gasteiger charge is -2.25. The van der Waals surface area contributed by atoms with Gasteiger partial charge in [0.25, 0.3) is 5.91 Å². The molecule has 4 nitrogen and oxygen atoms in total. The topological polar surface area (TPSA) is 57.3 Å². The highest BCUT2D eigenvalue weighted by atomic mass is 16.2. The predicted octanol–water partition coefficient (Wildman–Crippen LogP) is 3.00. The normalized spacial score (nSPS) is 11.6. The quantitative estimate of drug-likeness (QED) is 0.672. The molecule has 3 aromatic rings. The molecular weight excluding hydrogens is 346 g/mol. The van der Waals surface area contributed by atoms with Crippen LogP contribution in [-0.4, -0.2) is 19.5 Å². The van der Waals surface area contributed by atoms with Crippen molar-refractivity contribution in [2.45, 2.75) is 12.5 Å². The maximum Gasteiger partial charge on any atom is 0.279 e. The van der Waals surface area contributed by atoms with Crippen molar-refractivity contribution in [3.8, 4) is 6.07 Å². The van der Waals surface area contributed by atoms with Crippen LogP contribution < -0.4 is 10.2 Å². The van der Waals surface area contributed by atoms with E-state index in [4.69, 9.17) is 5.26 Å². The van der Waals surface area contributed by atoms with Gasteiger partial charge in [-0.1, -0.05) is 72.8 Å². The van der Waals surface area contributed by atoms with Crippen molar-refractivity contribution in [3.63, 3.8) is 0 Å². The van der Waals surface area contributed by atoms with Crippen molar-refractivity contribution in [2.24, 2.45) is 0 Å².